The van der Waals surface area contributed by atoms with Crippen LogP contribution in [-0.4, -0.2) is 16.5 Å². The third-order valence-electron chi connectivity index (χ3n) is 3.95. The second kappa shape index (κ2) is 3.06. The molecule has 2 fully saturated rings. The fourth-order valence-corrected chi connectivity index (χ4v) is 2.63. The van der Waals surface area contributed by atoms with E-state index in [-0.39, 0.29) is 5.78 Å². The fourth-order valence-electron chi connectivity index (χ4n) is 2.63. The molecule has 0 bridgehead atoms. The van der Waals surface area contributed by atoms with E-state index in [4.69, 9.17) is 5.26 Å². The lowest BCUT2D eigenvalue weighted by Gasteiger charge is -2.50. The normalized spacial score (nSPS) is 29.0. The van der Waals surface area contributed by atoms with Crippen LogP contribution >= 0.6 is 0 Å². The van der Waals surface area contributed by atoms with Gasteiger partial charge in [0.05, 0.1) is 17.1 Å². The molecule has 0 heterocycles. The zero-order valence-corrected chi connectivity index (χ0v) is 8.25. The number of aliphatic hydroxyl groups is 1. The third-order valence-corrected chi connectivity index (χ3v) is 3.95. The molecule has 0 unspecified atom stereocenters. The lowest BCUT2D eigenvalue weighted by molar-refractivity contribution is -0.141. The fraction of sp³-hybridized carbons (Fsp3) is 0.818. The Labute approximate surface area is 83.7 Å². The molecule has 0 radical (unpaired) electrons. The van der Waals surface area contributed by atoms with Crippen molar-refractivity contribution < 1.29 is 9.90 Å². The number of nitrogens with zero attached hydrogens (tertiary/aromatic N) is 1. The van der Waals surface area contributed by atoms with E-state index < -0.39 is 11.0 Å². The highest BCUT2D eigenvalue weighted by molar-refractivity contribution is 5.79. The molecule has 2 rings (SSSR count). The summed E-state index contributed by atoms with van der Waals surface area (Å²) in [5.41, 5.74) is -1.42. The molecule has 3 nitrogen and oxygen atoms in total. The molecule has 76 valence electrons. The monoisotopic (exact) mass is 193 g/mol. The topological polar surface area (TPSA) is 61.1 Å². The van der Waals surface area contributed by atoms with Gasteiger partial charge in [-0.2, -0.15) is 5.26 Å². The van der Waals surface area contributed by atoms with Crippen LogP contribution in [-0.2, 0) is 4.79 Å². The second-order valence-corrected chi connectivity index (χ2v) is 4.62. The number of hydrogen-bond acceptors (Lipinski definition) is 3. The van der Waals surface area contributed by atoms with Crippen molar-refractivity contribution >= 4 is 5.78 Å². The van der Waals surface area contributed by atoms with Crippen LogP contribution in [0.3, 0.4) is 0 Å². The quantitative estimate of drug-likeness (QED) is 0.687. The maximum atomic E-state index is 11.1. The van der Waals surface area contributed by atoms with Gasteiger partial charge >= 0.3 is 0 Å². The van der Waals surface area contributed by atoms with Crippen molar-refractivity contribution in [2.24, 2.45) is 5.41 Å². The van der Waals surface area contributed by atoms with E-state index >= 15 is 0 Å². The van der Waals surface area contributed by atoms with Crippen molar-refractivity contribution in [3.8, 4) is 6.07 Å². The minimum Gasteiger partial charge on any atom is -0.388 e. The van der Waals surface area contributed by atoms with Gasteiger partial charge in [-0.25, -0.2) is 0 Å². The van der Waals surface area contributed by atoms with E-state index in [1.165, 1.54) is 0 Å². The van der Waals surface area contributed by atoms with E-state index in [0.29, 0.717) is 25.7 Å². The van der Waals surface area contributed by atoms with Crippen molar-refractivity contribution in [1.82, 2.24) is 0 Å². The minimum absolute atomic E-state index is 0.224. The van der Waals surface area contributed by atoms with E-state index in [0.717, 1.165) is 19.3 Å². The zero-order valence-electron chi connectivity index (χ0n) is 8.25. The maximum Gasteiger partial charge on any atom is 0.133 e. The molecule has 3 heteroatoms. The molecule has 0 saturated heterocycles. The summed E-state index contributed by atoms with van der Waals surface area (Å²) in [4.78, 5) is 11.1. The number of carbonyl (C=O) groups excluding carboxylic acids is 1. The first-order valence-electron chi connectivity index (χ1n) is 5.27. The molecule has 2 aliphatic carbocycles. The van der Waals surface area contributed by atoms with Gasteiger partial charge in [0.15, 0.2) is 0 Å². The Kier molecular flexibility index (Phi) is 2.11. The highest BCUT2D eigenvalue weighted by atomic mass is 16.3. The molecule has 0 aromatic heterocycles. The zero-order chi connectivity index (χ0) is 10.2. The van der Waals surface area contributed by atoms with Crippen LogP contribution in [0.1, 0.15) is 44.9 Å². The Hall–Kier alpha value is -0.880. The number of ketones is 1. The third kappa shape index (κ3) is 1.18. The first-order chi connectivity index (χ1) is 6.62. The van der Waals surface area contributed by atoms with Crippen molar-refractivity contribution in [1.29, 1.82) is 5.26 Å². The van der Waals surface area contributed by atoms with Gasteiger partial charge in [-0.1, -0.05) is 6.42 Å². The van der Waals surface area contributed by atoms with Gasteiger partial charge < -0.3 is 5.11 Å². The average molecular weight is 193 g/mol. The molecule has 0 atom stereocenters. The van der Waals surface area contributed by atoms with E-state index in [2.05, 4.69) is 6.07 Å². The number of Topliss-reactive ketones (excluding diaryl/α,β-unsaturated/α-hetero) is 1. The van der Waals surface area contributed by atoms with Gasteiger partial charge in [-0.3, -0.25) is 4.79 Å². The standard InChI is InChI=1S/C11H15NO2/c12-8-10(4-1-5-10)11(14)6-2-9(13)3-7-11/h14H,1-7H2. The van der Waals surface area contributed by atoms with Gasteiger partial charge in [-0.15, -0.1) is 0 Å². The Bertz CT molecular complexity index is 289. The predicted octanol–water partition coefficient (Wildman–Crippen LogP) is 1.55. The first kappa shape index (κ1) is 9.67. The summed E-state index contributed by atoms with van der Waals surface area (Å²) in [7, 11) is 0. The van der Waals surface area contributed by atoms with Crippen molar-refractivity contribution in [3.05, 3.63) is 0 Å². The minimum atomic E-state index is -0.881. The van der Waals surface area contributed by atoms with Crippen molar-refractivity contribution in [2.45, 2.75) is 50.5 Å². The highest BCUT2D eigenvalue weighted by Gasteiger charge is 2.55. The summed E-state index contributed by atoms with van der Waals surface area (Å²) < 4.78 is 0. The van der Waals surface area contributed by atoms with Crippen molar-refractivity contribution in [3.63, 3.8) is 0 Å². The van der Waals surface area contributed by atoms with E-state index in [9.17, 15) is 9.90 Å². The highest BCUT2D eigenvalue weighted by Crippen LogP contribution is 2.53. The number of carbonyl (C=O) groups is 1. The van der Waals surface area contributed by atoms with Gasteiger partial charge in [0.2, 0.25) is 0 Å². The largest absolute Gasteiger partial charge is 0.388 e. The summed E-state index contributed by atoms with van der Waals surface area (Å²) in [5.74, 6) is 0.224. The summed E-state index contributed by atoms with van der Waals surface area (Å²) in [6, 6.07) is 2.28. The lowest BCUT2D eigenvalue weighted by atomic mass is 9.55. The maximum absolute atomic E-state index is 11.1. The molecule has 0 aromatic rings. The summed E-state index contributed by atoms with van der Waals surface area (Å²) >= 11 is 0. The van der Waals surface area contributed by atoms with E-state index in [1.807, 2.05) is 0 Å². The van der Waals surface area contributed by atoms with Crippen molar-refractivity contribution in [2.75, 3.05) is 0 Å². The molecule has 0 aliphatic heterocycles. The number of rotatable bonds is 1. The van der Waals surface area contributed by atoms with Gasteiger partial charge in [-0.05, 0) is 25.7 Å². The summed E-state index contributed by atoms with van der Waals surface area (Å²) in [5, 5.41) is 19.5. The van der Waals surface area contributed by atoms with Gasteiger partial charge in [0, 0.05) is 12.8 Å². The van der Waals surface area contributed by atoms with Gasteiger partial charge in [0.25, 0.3) is 0 Å². The molecule has 14 heavy (non-hydrogen) atoms. The first-order valence-corrected chi connectivity index (χ1v) is 5.27. The van der Waals surface area contributed by atoms with Crippen LogP contribution in [0.5, 0.6) is 0 Å². The summed E-state index contributed by atoms with van der Waals surface area (Å²) in [6.45, 7) is 0. The van der Waals surface area contributed by atoms with Gasteiger partial charge in [0.1, 0.15) is 5.78 Å². The van der Waals surface area contributed by atoms with Crippen LogP contribution in [0.25, 0.3) is 0 Å². The van der Waals surface area contributed by atoms with Crippen LogP contribution in [0, 0.1) is 16.7 Å². The molecule has 0 spiro atoms. The Balaban J connectivity index is 2.16. The summed E-state index contributed by atoms with van der Waals surface area (Å²) in [6.07, 6.45) is 4.49. The molecule has 0 aromatic carbocycles. The predicted molar refractivity (Wildman–Crippen MR) is 50.3 cm³/mol. The van der Waals surface area contributed by atoms with Crippen LogP contribution < -0.4 is 0 Å². The molecule has 1 N–H and O–H groups in total. The molecular formula is C11H15NO2. The molecule has 0 amide bonds. The van der Waals surface area contributed by atoms with E-state index in [1.54, 1.807) is 0 Å². The average Bonchev–Trinajstić information content (AvgIpc) is 2.10. The van der Waals surface area contributed by atoms with Crippen LogP contribution in [0.4, 0.5) is 0 Å². The Morgan fingerprint density at radius 3 is 2.14 bits per heavy atom. The van der Waals surface area contributed by atoms with Crippen LogP contribution in [0.2, 0.25) is 0 Å². The number of hydrogen-bond donors (Lipinski definition) is 1. The Morgan fingerprint density at radius 2 is 1.79 bits per heavy atom. The molecule has 2 saturated carbocycles. The molecular weight excluding hydrogens is 178 g/mol. The van der Waals surface area contributed by atoms with Crippen LogP contribution in [0.15, 0.2) is 0 Å². The number of nitriles is 1. The Morgan fingerprint density at radius 1 is 1.21 bits per heavy atom. The smallest absolute Gasteiger partial charge is 0.133 e. The lowest BCUT2D eigenvalue weighted by Crippen LogP contribution is -2.53. The SMILES string of the molecule is N#CC1(C2(O)CCC(=O)CC2)CCC1. The molecule has 2 aliphatic rings. The second-order valence-electron chi connectivity index (χ2n) is 4.62.